The number of unbranched alkanes of at least 4 members (excludes halogenated alkanes) is 1. The number of benzene rings is 1. The van der Waals surface area contributed by atoms with E-state index in [1.807, 2.05) is 18.2 Å². The summed E-state index contributed by atoms with van der Waals surface area (Å²) in [5, 5.41) is 6.82. The Morgan fingerprint density at radius 2 is 1.75 bits per heavy atom. The first-order valence-corrected chi connectivity index (χ1v) is 8.80. The summed E-state index contributed by atoms with van der Waals surface area (Å²) in [6.07, 6.45) is 3.40. The summed E-state index contributed by atoms with van der Waals surface area (Å²) in [6, 6.07) is 10.5. The Bertz CT molecular complexity index is 645. The molecule has 0 radical (unpaired) electrons. The first kappa shape index (κ1) is 18.5. The average Bonchev–Trinajstić information content (AvgIpc) is 2.52. The Balaban J connectivity index is 2.13. The highest BCUT2D eigenvalue weighted by Gasteiger charge is 2.22. The molecule has 2 N–H and O–H groups in total. The minimum absolute atomic E-state index is 0.182. The molecule has 0 saturated heterocycles. The van der Waals surface area contributed by atoms with E-state index in [-0.39, 0.29) is 10.8 Å². The molecule has 1 unspecified atom stereocenters. The van der Waals surface area contributed by atoms with Gasteiger partial charge >= 0.3 is 0 Å². The summed E-state index contributed by atoms with van der Waals surface area (Å²) >= 11 is 6.07. The predicted molar refractivity (Wildman–Crippen MR) is 101 cm³/mol. The molecule has 2 aromatic rings. The van der Waals surface area contributed by atoms with E-state index in [4.69, 9.17) is 11.6 Å². The van der Waals surface area contributed by atoms with E-state index < -0.39 is 0 Å². The van der Waals surface area contributed by atoms with Crippen molar-refractivity contribution in [3.05, 3.63) is 41.2 Å². The Morgan fingerprint density at radius 1 is 1.08 bits per heavy atom. The fourth-order valence-electron chi connectivity index (χ4n) is 2.48. The number of aromatic nitrogens is 3. The molecule has 0 aliphatic carbocycles. The van der Waals surface area contributed by atoms with Gasteiger partial charge < -0.3 is 10.6 Å². The minimum Gasteiger partial charge on any atom is -0.352 e. The molecular weight excluding hydrogens is 322 g/mol. The van der Waals surface area contributed by atoms with Crippen molar-refractivity contribution in [1.82, 2.24) is 15.0 Å². The molecule has 0 amide bonds. The second-order valence-electron chi connectivity index (χ2n) is 6.56. The molecule has 2 rings (SSSR count). The molecule has 0 bridgehead atoms. The van der Waals surface area contributed by atoms with E-state index in [2.05, 4.69) is 65.4 Å². The Kier molecular flexibility index (Phi) is 6.37. The quantitative estimate of drug-likeness (QED) is 0.713. The van der Waals surface area contributed by atoms with Gasteiger partial charge in [0.2, 0.25) is 17.2 Å². The van der Waals surface area contributed by atoms with Crippen LogP contribution in [0, 0.1) is 0 Å². The number of halogens is 1. The number of hydrogen-bond donors (Lipinski definition) is 2. The summed E-state index contributed by atoms with van der Waals surface area (Å²) in [7, 11) is 0. The lowest BCUT2D eigenvalue weighted by Gasteiger charge is -2.27. The smallest absolute Gasteiger partial charge is 0.229 e. The molecule has 1 atom stereocenters. The monoisotopic (exact) mass is 347 g/mol. The maximum absolute atomic E-state index is 6.07. The van der Waals surface area contributed by atoms with Gasteiger partial charge in [-0.3, -0.25) is 0 Å². The van der Waals surface area contributed by atoms with Crippen LogP contribution in [0.5, 0.6) is 0 Å². The van der Waals surface area contributed by atoms with Crippen LogP contribution in [-0.2, 0) is 5.54 Å². The molecule has 0 aliphatic rings. The lowest BCUT2D eigenvalue weighted by molar-refractivity contribution is 0.600. The topological polar surface area (TPSA) is 62.7 Å². The van der Waals surface area contributed by atoms with Crippen molar-refractivity contribution in [2.24, 2.45) is 0 Å². The summed E-state index contributed by atoms with van der Waals surface area (Å²) < 4.78 is 0. The summed E-state index contributed by atoms with van der Waals surface area (Å²) in [6.45, 7) is 8.46. The number of nitrogens with one attached hydrogen (secondary N) is 2. The van der Waals surface area contributed by atoms with Crippen LogP contribution in [0.15, 0.2) is 30.3 Å². The van der Waals surface area contributed by atoms with Crippen LogP contribution in [0.25, 0.3) is 0 Å². The van der Waals surface area contributed by atoms with Crippen molar-refractivity contribution < 1.29 is 0 Å². The summed E-state index contributed by atoms with van der Waals surface area (Å²) in [4.78, 5) is 12.8. The Labute approximate surface area is 149 Å². The highest BCUT2D eigenvalue weighted by molar-refractivity contribution is 6.28. The minimum atomic E-state index is -0.322. The number of hydrogen-bond acceptors (Lipinski definition) is 5. The zero-order chi connectivity index (χ0) is 17.6. The molecule has 0 spiro atoms. The first-order valence-electron chi connectivity index (χ1n) is 8.42. The van der Waals surface area contributed by atoms with Crippen LogP contribution in [0.2, 0.25) is 5.28 Å². The van der Waals surface area contributed by atoms with Gasteiger partial charge in [-0.05, 0) is 44.4 Å². The van der Waals surface area contributed by atoms with Crippen LogP contribution in [0.1, 0.15) is 52.5 Å². The number of nitrogens with zero attached hydrogens (tertiary/aromatic N) is 3. The molecule has 1 aromatic carbocycles. The third-order valence-electron chi connectivity index (χ3n) is 3.89. The molecule has 130 valence electrons. The van der Waals surface area contributed by atoms with Crippen LogP contribution in [0.4, 0.5) is 11.9 Å². The fraction of sp³-hybridized carbons (Fsp3) is 0.500. The van der Waals surface area contributed by atoms with Crippen molar-refractivity contribution in [1.29, 1.82) is 0 Å². The van der Waals surface area contributed by atoms with Crippen molar-refractivity contribution >= 4 is 23.5 Å². The van der Waals surface area contributed by atoms with Crippen molar-refractivity contribution in [2.75, 3.05) is 10.6 Å². The highest BCUT2D eigenvalue weighted by atomic mass is 35.5. The van der Waals surface area contributed by atoms with Crippen LogP contribution < -0.4 is 10.6 Å². The van der Waals surface area contributed by atoms with Crippen LogP contribution in [-0.4, -0.2) is 21.0 Å². The van der Waals surface area contributed by atoms with E-state index in [0.717, 1.165) is 12.0 Å². The fourth-order valence-corrected chi connectivity index (χ4v) is 2.64. The maximum Gasteiger partial charge on any atom is 0.229 e. The normalized spacial score (nSPS) is 12.7. The van der Waals surface area contributed by atoms with Gasteiger partial charge in [0.15, 0.2) is 0 Å². The SMILES string of the molecule is CCCCC(C)Nc1nc(Cl)nc(NC(C)(C)c2ccccc2)n1. The second-order valence-corrected chi connectivity index (χ2v) is 6.89. The third-order valence-corrected chi connectivity index (χ3v) is 4.06. The Hall–Kier alpha value is -1.88. The summed E-state index contributed by atoms with van der Waals surface area (Å²) in [5.41, 5.74) is 0.823. The van der Waals surface area contributed by atoms with Gasteiger partial charge in [-0.2, -0.15) is 15.0 Å². The highest BCUT2D eigenvalue weighted by Crippen LogP contribution is 2.24. The maximum atomic E-state index is 6.07. The molecule has 5 nitrogen and oxygen atoms in total. The molecule has 6 heteroatoms. The molecule has 0 fully saturated rings. The van der Waals surface area contributed by atoms with E-state index in [0.29, 0.717) is 17.9 Å². The standard InChI is InChI=1S/C18H26ClN5/c1-5-6-10-13(2)20-16-21-15(19)22-17(23-16)24-18(3,4)14-11-8-7-9-12-14/h7-9,11-13H,5-6,10H2,1-4H3,(H2,20,21,22,23,24). The van der Waals surface area contributed by atoms with Gasteiger partial charge in [0, 0.05) is 6.04 Å². The molecule has 1 heterocycles. The molecule has 0 aliphatic heterocycles. The zero-order valence-corrected chi connectivity index (χ0v) is 15.6. The van der Waals surface area contributed by atoms with Gasteiger partial charge in [0.1, 0.15) is 0 Å². The average molecular weight is 348 g/mol. The van der Waals surface area contributed by atoms with E-state index in [1.54, 1.807) is 0 Å². The van der Waals surface area contributed by atoms with E-state index in [9.17, 15) is 0 Å². The van der Waals surface area contributed by atoms with Crippen LogP contribution in [0.3, 0.4) is 0 Å². The van der Waals surface area contributed by atoms with Gasteiger partial charge in [-0.1, -0.05) is 50.1 Å². The van der Waals surface area contributed by atoms with Crippen molar-refractivity contribution in [2.45, 2.75) is 58.5 Å². The third kappa shape index (κ3) is 5.34. The number of anilines is 2. The summed E-state index contributed by atoms with van der Waals surface area (Å²) in [5.74, 6) is 0.971. The van der Waals surface area contributed by atoms with Gasteiger partial charge in [-0.25, -0.2) is 0 Å². The first-order chi connectivity index (χ1) is 11.4. The molecule has 24 heavy (non-hydrogen) atoms. The van der Waals surface area contributed by atoms with E-state index >= 15 is 0 Å². The molecular formula is C18H26ClN5. The molecule has 0 saturated carbocycles. The lowest BCUT2D eigenvalue weighted by Crippen LogP contribution is -2.29. The Morgan fingerprint density at radius 3 is 2.42 bits per heavy atom. The van der Waals surface area contributed by atoms with Gasteiger partial charge in [0.05, 0.1) is 5.54 Å². The predicted octanol–water partition coefficient (Wildman–Crippen LogP) is 4.86. The number of rotatable bonds is 8. The van der Waals surface area contributed by atoms with Gasteiger partial charge in [0.25, 0.3) is 0 Å². The van der Waals surface area contributed by atoms with Crippen molar-refractivity contribution in [3.8, 4) is 0 Å². The largest absolute Gasteiger partial charge is 0.352 e. The zero-order valence-electron chi connectivity index (χ0n) is 14.8. The van der Waals surface area contributed by atoms with Crippen molar-refractivity contribution in [3.63, 3.8) is 0 Å². The van der Waals surface area contributed by atoms with Crippen LogP contribution >= 0.6 is 11.6 Å². The van der Waals surface area contributed by atoms with E-state index in [1.165, 1.54) is 12.8 Å². The second kappa shape index (κ2) is 8.29. The van der Waals surface area contributed by atoms with Gasteiger partial charge in [-0.15, -0.1) is 0 Å². The lowest BCUT2D eigenvalue weighted by atomic mass is 9.95. The molecule has 1 aromatic heterocycles.